The molecule has 82 valence electrons. The first-order chi connectivity index (χ1) is 7.08. The van der Waals surface area contributed by atoms with Crippen molar-refractivity contribution in [3.63, 3.8) is 0 Å². The van der Waals surface area contributed by atoms with Crippen LogP contribution in [0.15, 0.2) is 0 Å². The van der Waals surface area contributed by atoms with Crippen molar-refractivity contribution in [3.05, 3.63) is 0 Å². The lowest BCUT2D eigenvalue weighted by Gasteiger charge is -2.11. The number of hydrogen-bond donors (Lipinski definition) is 2. The predicted octanol–water partition coefficient (Wildman–Crippen LogP) is -0.795. The highest BCUT2D eigenvalue weighted by atomic mass is 16.2. The van der Waals surface area contributed by atoms with Crippen LogP contribution in [0.25, 0.3) is 0 Å². The molecule has 0 radical (unpaired) electrons. The lowest BCUT2D eigenvalue weighted by Crippen LogP contribution is -2.46. The molecule has 4 amide bonds. The first-order valence-electron chi connectivity index (χ1n) is 4.95. The van der Waals surface area contributed by atoms with E-state index in [1.165, 1.54) is 7.05 Å². The number of urea groups is 1. The highest BCUT2D eigenvalue weighted by Gasteiger charge is 2.37. The highest BCUT2D eigenvalue weighted by Crippen LogP contribution is 2.18. The van der Waals surface area contributed by atoms with E-state index in [4.69, 9.17) is 0 Å². The van der Waals surface area contributed by atoms with Crippen molar-refractivity contribution < 1.29 is 14.4 Å². The van der Waals surface area contributed by atoms with Crippen LogP contribution in [0, 0.1) is 0 Å². The fourth-order valence-electron chi connectivity index (χ4n) is 1.48. The van der Waals surface area contributed by atoms with E-state index >= 15 is 0 Å². The van der Waals surface area contributed by atoms with Gasteiger partial charge in [0.25, 0.3) is 5.91 Å². The Morgan fingerprint density at radius 3 is 2.47 bits per heavy atom. The lowest BCUT2D eigenvalue weighted by atomic mass is 10.2. The largest absolute Gasteiger partial charge is 0.335 e. The van der Waals surface area contributed by atoms with Crippen molar-refractivity contribution in [1.82, 2.24) is 15.5 Å². The molecule has 0 aromatic heterocycles. The third-order valence-corrected chi connectivity index (χ3v) is 2.60. The zero-order valence-electron chi connectivity index (χ0n) is 8.45. The first-order valence-corrected chi connectivity index (χ1v) is 4.95. The maximum atomic E-state index is 11.4. The summed E-state index contributed by atoms with van der Waals surface area (Å²) in [5.41, 5.74) is 0. The number of likely N-dealkylation sites (tertiary alicyclic amines) is 1. The van der Waals surface area contributed by atoms with E-state index in [0.29, 0.717) is 0 Å². The second kappa shape index (κ2) is 3.52. The third kappa shape index (κ3) is 2.08. The summed E-state index contributed by atoms with van der Waals surface area (Å²) in [5.74, 6) is -0.595. The zero-order valence-corrected chi connectivity index (χ0v) is 8.45. The molecule has 1 aliphatic carbocycles. The zero-order chi connectivity index (χ0) is 11.0. The summed E-state index contributed by atoms with van der Waals surface area (Å²) < 4.78 is 0. The Balaban J connectivity index is 1.86. The number of likely N-dealkylation sites (N-methyl/N-ethyl adjacent to an activating group) is 1. The molecule has 1 heterocycles. The summed E-state index contributed by atoms with van der Waals surface area (Å²) in [4.78, 5) is 34.9. The van der Waals surface area contributed by atoms with E-state index in [1.54, 1.807) is 0 Å². The summed E-state index contributed by atoms with van der Waals surface area (Å²) in [6.07, 6.45) is 2.04. The van der Waals surface area contributed by atoms with Crippen molar-refractivity contribution in [3.8, 4) is 0 Å². The monoisotopic (exact) mass is 211 g/mol. The summed E-state index contributed by atoms with van der Waals surface area (Å²) in [6, 6.07) is -0.810. The fourth-order valence-corrected chi connectivity index (χ4v) is 1.48. The number of carbonyl (C=O) groups excluding carboxylic acids is 3. The molecule has 1 saturated heterocycles. The standard InChI is InChI=1S/C9H13N3O3/c1-12-7(13)4-6(8(12)14)11-9(15)10-5-2-3-5/h5-6H,2-4H2,1H3,(H2,10,11,15). The number of carbonyl (C=O) groups is 3. The van der Waals surface area contributed by atoms with E-state index in [0.717, 1.165) is 17.7 Å². The Kier molecular flexibility index (Phi) is 2.34. The molecule has 0 aromatic rings. The van der Waals surface area contributed by atoms with Gasteiger partial charge in [0.15, 0.2) is 0 Å². The Morgan fingerprint density at radius 2 is 2.00 bits per heavy atom. The van der Waals surface area contributed by atoms with Crippen molar-refractivity contribution in [2.24, 2.45) is 0 Å². The van der Waals surface area contributed by atoms with Gasteiger partial charge >= 0.3 is 6.03 Å². The van der Waals surface area contributed by atoms with Gasteiger partial charge < -0.3 is 10.6 Å². The van der Waals surface area contributed by atoms with E-state index in [2.05, 4.69) is 10.6 Å². The minimum Gasteiger partial charge on any atom is -0.335 e. The van der Waals surface area contributed by atoms with Gasteiger partial charge in [0, 0.05) is 13.1 Å². The Morgan fingerprint density at radius 1 is 1.33 bits per heavy atom. The normalized spacial score (nSPS) is 25.7. The van der Waals surface area contributed by atoms with Crippen molar-refractivity contribution in [2.45, 2.75) is 31.3 Å². The van der Waals surface area contributed by atoms with Crippen LogP contribution in [0.5, 0.6) is 0 Å². The van der Waals surface area contributed by atoms with E-state index < -0.39 is 6.04 Å². The first kappa shape index (κ1) is 9.95. The number of nitrogens with zero attached hydrogens (tertiary/aromatic N) is 1. The molecule has 0 bridgehead atoms. The molecule has 2 N–H and O–H groups in total. The van der Waals surface area contributed by atoms with Crippen LogP contribution in [0.4, 0.5) is 4.79 Å². The van der Waals surface area contributed by atoms with Crippen LogP contribution < -0.4 is 10.6 Å². The van der Waals surface area contributed by atoms with Gasteiger partial charge in [-0.3, -0.25) is 14.5 Å². The summed E-state index contributed by atoms with van der Waals surface area (Å²) in [5, 5.41) is 5.20. The smallest absolute Gasteiger partial charge is 0.315 e. The maximum absolute atomic E-state index is 11.4. The number of nitrogens with one attached hydrogen (secondary N) is 2. The van der Waals surface area contributed by atoms with Gasteiger partial charge in [0.05, 0.1) is 6.42 Å². The molecule has 0 aromatic carbocycles. The number of rotatable bonds is 2. The highest BCUT2D eigenvalue weighted by molar-refractivity contribution is 6.06. The molecule has 2 aliphatic rings. The SMILES string of the molecule is CN1C(=O)CC(NC(=O)NC2CC2)C1=O. The van der Waals surface area contributed by atoms with Gasteiger partial charge in [0.1, 0.15) is 6.04 Å². The third-order valence-electron chi connectivity index (χ3n) is 2.60. The van der Waals surface area contributed by atoms with E-state index in [1.807, 2.05) is 0 Å². The fraction of sp³-hybridized carbons (Fsp3) is 0.667. The Bertz CT molecular complexity index is 325. The second-order valence-corrected chi connectivity index (χ2v) is 3.94. The maximum Gasteiger partial charge on any atom is 0.315 e. The van der Waals surface area contributed by atoms with Gasteiger partial charge in [0.2, 0.25) is 5.91 Å². The second-order valence-electron chi connectivity index (χ2n) is 3.94. The minimum atomic E-state index is -0.693. The van der Waals surface area contributed by atoms with Crippen LogP contribution in [0.1, 0.15) is 19.3 Å². The Hall–Kier alpha value is -1.59. The summed E-state index contributed by atoms with van der Waals surface area (Å²) >= 11 is 0. The van der Waals surface area contributed by atoms with Gasteiger partial charge in [-0.2, -0.15) is 0 Å². The molecular weight excluding hydrogens is 198 g/mol. The molecule has 1 unspecified atom stereocenters. The van der Waals surface area contributed by atoms with Crippen molar-refractivity contribution in [2.75, 3.05) is 7.05 Å². The van der Waals surface area contributed by atoms with Crippen LogP contribution in [0.2, 0.25) is 0 Å². The van der Waals surface area contributed by atoms with Gasteiger partial charge in [-0.15, -0.1) is 0 Å². The molecule has 1 atom stereocenters. The summed E-state index contributed by atoms with van der Waals surface area (Å²) in [7, 11) is 1.42. The molecule has 1 aliphatic heterocycles. The van der Waals surface area contributed by atoms with Crippen LogP contribution in [0.3, 0.4) is 0 Å². The lowest BCUT2D eigenvalue weighted by molar-refractivity contribution is -0.137. The van der Waals surface area contributed by atoms with Gasteiger partial charge in [-0.05, 0) is 12.8 Å². The molecular formula is C9H13N3O3. The van der Waals surface area contributed by atoms with Gasteiger partial charge in [-0.25, -0.2) is 4.79 Å². The van der Waals surface area contributed by atoms with Crippen LogP contribution in [-0.2, 0) is 9.59 Å². The molecule has 2 fully saturated rings. The Labute approximate surface area is 87.0 Å². The number of imide groups is 1. The molecule has 6 nitrogen and oxygen atoms in total. The number of amides is 4. The minimum absolute atomic E-state index is 0.0629. The topological polar surface area (TPSA) is 78.5 Å². The van der Waals surface area contributed by atoms with Crippen LogP contribution in [-0.4, -0.2) is 41.9 Å². The quantitative estimate of drug-likeness (QED) is 0.587. The van der Waals surface area contributed by atoms with E-state index in [-0.39, 0.29) is 30.3 Å². The van der Waals surface area contributed by atoms with Crippen LogP contribution >= 0.6 is 0 Å². The molecule has 6 heteroatoms. The molecule has 1 saturated carbocycles. The van der Waals surface area contributed by atoms with Crippen molar-refractivity contribution >= 4 is 17.8 Å². The molecule has 2 rings (SSSR count). The predicted molar refractivity (Wildman–Crippen MR) is 50.9 cm³/mol. The van der Waals surface area contributed by atoms with Crippen molar-refractivity contribution in [1.29, 1.82) is 0 Å². The molecule has 15 heavy (non-hydrogen) atoms. The summed E-state index contributed by atoms with van der Waals surface area (Å²) in [6.45, 7) is 0. The average Bonchev–Trinajstić information content (AvgIpc) is 2.94. The van der Waals surface area contributed by atoms with E-state index in [9.17, 15) is 14.4 Å². The number of hydrogen-bond acceptors (Lipinski definition) is 3. The molecule has 0 spiro atoms. The van der Waals surface area contributed by atoms with Gasteiger partial charge in [-0.1, -0.05) is 0 Å². The average molecular weight is 211 g/mol.